The second-order valence-corrected chi connectivity index (χ2v) is 5.74. The lowest BCUT2D eigenvalue weighted by molar-refractivity contribution is 0.598. The molecule has 0 atom stereocenters. The molecule has 2 rings (SSSR count). The first-order valence-corrected chi connectivity index (χ1v) is 6.80. The predicted molar refractivity (Wildman–Crippen MR) is 61.0 cm³/mol. The minimum Gasteiger partial charge on any atom is -0.332 e. The van der Waals surface area contributed by atoms with Crippen molar-refractivity contribution in [2.45, 2.75) is 18.9 Å². The molecule has 86 valence electrons. The maximum absolute atomic E-state index is 11.8. The Balaban J connectivity index is 2.27. The van der Waals surface area contributed by atoms with Crippen molar-refractivity contribution < 1.29 is 8.42 Å². The lowest BCUT2D eigenvalue weighted by atomic mass is 10.6. The van der Waals surface area contributed by atoms with Gasteiger partial charge in [-0.15, -0.1) is 11.3 Å². The van der Waals surface area contributed by atoms with Gasteiger partial charge in [-0.05, 0) is 13.8 Å². The van der Waals surface area contributed by atoms with Crippen LogP contribution in [-0.2, 0) is 10.0 Å². The Bertz CT molecular complexity index is 599. The minimum absolute atomic E-state index is 0.0397. The fourth-order valence-electron chi connectivity index (χ4n) is 1.11. The van der Waals surface area contributed by atoms with Crippen molar-refractivity contribution in [1.29, 1.82) is 0 Å². The zero-order valence-corrected chi connectivity index (χ0v) is 10.3. The monoisotopic (exact) mass is 258 g/mol. The summed E-state index contributed by atoms with van der Waals surface area (Å²) in [6.07, 6.45) is 1.28. The molecule has 0 spiro atoms. The Morgan fingerprint density at radius 3 is 2.69 bits per heavy atom. The highest BCUT2D eigenvalue weighted by Gasteiger charge is 2.17. The van der Waals surface area contributed by atoms with E-state index in [1.54, 1.807) is 19.2 Å². The number of aromatic amines is 1. The molecule has 2 aromatic rings. The molecule has 2 N–H and O–H groups in total. The summed E-state index contributed by atoms with van der Waals surface area (Å²) in [5.41, 5.74) is 0.781. The van der Waals surface area contributed by atoms with Crippen molar-refractivity contribution in [1.82, 2.24) is 15.0 Å². The molecule has 0 bridgehead atoms. The number of hydrogen-bond acceptors (Lipinski definition) is 5. The number of sulfonamides is 1. The van der Waals surface area contributed by atoms with Crippen LogP contribution in [0.1, 0.15) is 11.5 Å². The van der Waals surface area contributed by atoms with E-state index in [2.05, 4.69) is 19.7 Å². The van der Waals surface area contributed by atoms with Crippen molar-refractivity contribution >= 4 is 26.5 Å². The number of aryl methyl sites for hydroxylation is 2. The van der Waals surface area contributed by atoms with E-state index >= 15 is 0 Å². The fraction of sp³-hybridized carbons (Fsp3) is 0.250. The summed E-state index contributed by atoms with van der Waals surface area (Å²) in [5.74, 6) is 0.552. The van der Waals surface area contributed by atoms with E-state index in [4.69, 9.17) is 0 Å². The van der Waals surface area contributed by atoms with Gasteiger partial charge in [-0.3, -0.25) is 4.72 Å². The summed E-state index contributed by atoms with van der Waals surface area (Å²) in [6.45, 7) is 3.49. The first-order chi connectivity index (χ1) is 7.47. The molecule has 2 heterocycles. The molecular weight excluding hydrogens is 248 g/mol. The average molecular weight is 258 g/mol. The Morgan fingerprint density at radius 1 is 1.44 bits per heavy atom. The zero-order chi connectivity index (χ0) is 11.8. The third-order valence-electron chi connectivity index (χ3n) is 1.81. The number of hydrogen-bond donors (Lipinski definition) is 2. The van der Waals surface area contributed by atoms with Crippen LogP contribution in [0.15, 0.2) is 16.6 Å². The minimum atomic E-state index is -3.60. The standard InChI is InChI=1S/C8H10N4O2S2/c1-5-4-15-8(10-5)12-16(13,14)7-3-9-6(2)11-7/h3-4H,1-2H3,(H,9,11)(H,10,12). The molecule has 0 saturated carbocycles. The van der Waals surface area contributed by atoms with Gasteiger partial charge < -0.3 is 4.98 Å². The zero-order valence-electron chi connectivity index (χ0n) is 8.68. The van der Waals surface area contributed by atoms with Crippen molar-refractivity contribution in [3.05, 3.63) is 23.1 Å². The third kappa shape index (κ3) is 2.22. The number of imidazole rings is 1. The summed E-state index contributed by atoms with van der Waals surface area (Å²) < 4.78 is 26.0. The molecule has 0 unspecified atom stereocenters. The van der Waals surface area contributed by atoms with Gasteiger partial charge in [0.1, 0.15) is 5.82 Å². The number of thiazole rings is 1. The van der Waals surface area contributed by atoms with Crippen molar-refractivity contribution in [2.24, 2.45) is 0 Å². The van der Waals surface area contributed by atoms with Crippen LogP contribution in [0, 0.1) is 13.8 Å². The van der Waals surface area contributed by atoms with E-state index in [-0.39, 0.29) is 5.03 Å². The van der Waals surface area contributed by atoms with Gasteiger partial charge in [0.2, 0.25) is 0 Å². The third-order valence-corrected chi connectivity index (χ3v) is 4.06. The topological polar surface area (TPSA) is 87.7 Å². The Labute approximate surface area is 96.8 Å². The first-order valence-electron chi connectivity index (χ1n) is 4.44. The molecule has 8 heteroatoms. The number of nitrogens with zero attached hydrogens (tertiary/aromatic N) is 2. The SMILES string of the molecule is Cc1csc(NS(=O)(=O)c2cnc(C)[nH]2)n1. The number of nitrogens with one attached hydrogen (secondary N) is 2. The summed E-state index contributed by atoms with van der Waals surface area (Å²) in [6, 6.07) is 0. The van der Waals surface area contributed by atoms with E-state index in [1.165, 1.54) is 17.5 Å². The van der Waals surface area contributed by atoms with Crippen molar-refractivity contribution in [2.75, 3.05) is 4.72 Å². The van der Waals surface area contributed by atoms with Crippen LogP contribution in [0.4, 0.5) is 5.13 Å². The molecule has 0 aliphatic heterocycles. The molecule has 6 nitrogen and oxygen atoms in total. The summed E-state index contributed by atoms with van der Waals surface area (Å²) in [5, 5.41) is 2.17. The van der Waals surface area contributed by atoms with E-state index in [1.807, 2.05) is 0 Å². The molecule has 2 aromatic heterocycles. The van der Waals surface area contributed by atoms with Crippen LogP contribution in [0.5, 0.6) is 0 Å². The molecule has 0 amide bonds. The maximum atomic E-state index is 11.8. The van der Waals surface area contributed by atoms with E-state index < -0.39 is 10.0 Å². The summed E-state index contributed by atoms with van der Waals surface area (Å²) in [7, 11) is -3.60. The lowest BCUT2D eigenvalue weighted by Crippen LogP contribution is -2.13. The highest BCUT2D eigenvalue weighted by molar-refractivity contribution is 7.92. The molecule has 0 aliphatic carbocycles. The van der Waals surface area contributed by atoms with Gasteiger partial charge in [0.15, 0.2) is 10.2 Å². The van der Waals surface area contributed by atoms with Crippen LogP contribution < -0.4 is 4.72 Å². The second-order valence-electron chi connectivity index (χ2n) is 3.23. The number of rotatable bonds is 3. The van der Waals surface area contributed by atoms with E-state index in [0.717, 1.165) is 5.69 Å². The number of anilines is 1. The Hall–Kier alpha value is -1.41. The van der Waals surface area contributed by atoms with Crippen LogP contribution in [0.3, 0.4) is 0 Å². The largest absolute Gasteiger partial charge is 0.332 e. The normalized spacial score (nSPS) is 11.6. The van der Waals surface area contributed by atoms with Gasteiger partial charge in [-0.1, -0.05) is 0 Å². The average Bonchev–Trinajstić information content (AvgIpc) is 2.75. The fourth-order valence-corrected chi connectivity index (χ4v) is 3.02. The van der Waals surface area contributed by atoms with Gasteiger partial charge in [0.25, 0.3) is 10.0 Å². The molecule has 16 heavy (non-hydrogen) atoms. The molecular formula is C8H10N4O2S2. The smallest absolute Gasteiger partial charge is 0.280 e. The van der Waals surface area contributed by atoms with Gasteiger partial charge >= 0.3 is 0 Å². The first kappa shape index (κ1) is 11.1. The Kier molecular flexibility index (Phi) is 2.68. The maximum Gasteiger partial charge on any atom is 0.280 e. The van der Waals surface area contributed by atoms with Crippen molar-refractivity contribution in [3.63, 3.8) is 0 Å². The van der Waals surface area contributed by atoms with Crippen LogP contribution in [0.2, 0.25) is 0 Å². The van der Waals surface area contributed by atoms with Crippen LogP contribution in [0.25, 0.3) is 0 Å². The Morgan fingerprint density at radius 2 is 2.19 bits per heavy atom. The van der Waals surface area contributed by atoms with Crippen molar-refractivity contribution in [3.8, 4) is 0 Å². The quantitative estimate of drug-likeness (QED) is 0.868. The highest BCUT2D eigenvalue weighted by atomic mass is 32.2. The highest BCUT2D eigenvalue weighted by Crippen LogP contribution is 2.18. The van der Waals surface area contributed by atoms with Crippen LogP contribution >= 0.6 is 11.3 Å². The molecule has 0 saturated heterocycles. The number of H-pyrrole nitrogens is 1. The van der Waals surface area contributed by atoms with Gasteiger partial charge in [0, 0.05) is 5.38 Å². The van der Waals surface area contributed by atoms with Gasteiger partial charge in [-0.25, -0.2) is 9.97 Å². The number of aromatic nitrogens is 3. The molecule has 0 aliphatic rings. The predicted octanol–water partition coefficient (Wildman–Crippen LogP) is 1.28. The molecule has 0 aromatic carbocycles. The summed E-state index contributed by atoms with van der Waals surface area (Å²) >= 11 is 1.24. The molecule has 0 fully saturated rings. The van der Waals surface area contributed by atoms with Gasteiger partial charge in [-0.2, -0.15) is 8.42 Å². The summed E-state index contributed by atoms with van der Waals surface area (Å²) in [4.78, 5) is 10.5. The molecule has 0 radical (unpaired) electrons. The van der Waals surface area contributed by atoms with E-state index in [0.29, 0.717) is 11.0 Å². The lowest BCUT2D eigenvalue weighted by Gasteiger charge is -2.01. The van der Waals surface area contributed by atoms with Gasteiger partial charge in [0.05, 0.1) is 11.9 Å². The van der Waals surface area contributed by atoms with E-state index in [9.17, 15) is 8.42 Å². The van der Waals surface area contributed by atoms with Crippen LogP contribution in [-0.4, -0.2) is 23.4 Å². The second kappa shape index (κ2) is 3.87.